The standard InChI is InChI=1S/C18H20N6O3/c1-10-5-11(2)7-12(6-10)24-17(20-15(21-24)9-14(19)25)13-8-16(26)23(4)18(27)22(13)3/h5-8H,9H2,1-4H3,(H2,19,25). The predicted octanol–water partition coefficient (Wildman–Crippen LogP) is -0.0237. The van der Waals surface area contributed by atoms with E-state index in [-0.39, 0.29) is 18.1 Å². The van der Waals surface area contributed by atoms with Crippen LogP contribution in [-0.2, 0) is 25.3 Å². The van der Waals surface area contributed by atoms with Crippen LogP contribution in [0.5, 0.6) is 0 Å². The molecule has 0 saturated heterocycles. The highest BCUT2D eigenvalue weighted by Gasteiger charge is 2.19. The third-order valence-electron chi connectivity index (χ3n) is 4.19. The van der Waals surface area contributed by atoms with E-state index in [9.17, 15) is 14.4 Å². The van der Waals surface area contributed by atoms with E-state index in [4.69, 9.17) is 5.73 Å². The van der Waals surface area contributed by atoms with Gasteiger partial charge in [0.15, 0.2) is 11.6 Å². The Labute approximate surface area is 154 Å². The van der Waals surface area contributed by atoms with Gasteiger partial charge in [-0.25, -0.2) is 14.5 Å². The van der Waals surface area contributed by atoms with Crippen molar-refractivity contribution in [3.8, 4) is 17.2 Å². The van der Waals surface area contributed by atoms with E-state index >= 15 is 0 Å². The topological polar surface area (TPSA) is 118 Å². The van der Waals surface area contributed by atoms with Gasteiger partial charge in [-0.1, -0.05) is 6.07 Å². The third-order valence-corrected chi connectivity index (χ3v) is 4.19. The third kappa shape index (κ3) is 3.43. The summed E-state index contributed by atoms with van der Waals surface area (Å²) in [5.41, 5.74) is 7.36. The Kier molecular flexibility index (Phi) is 4.52. The highest BCUT2D eigenvalue weighted by Crippen LogP contribution is 2.21. The van der Waals surface area contributed by atoms with Gasteiger partial charge in [0.1, 0.15) is 0 Å². The highest BCUT2D eigenvalue weighted by atomic mass is 16.2. The maximum atomic E-state index is 12.3. The first-order valence-electron chi connectivity index (χ1n) is 8.27. The number of amides is 1. The van der Waals surface area contributed by atoms with Crippen LogP contribution in [0.15, 0.2) is 33.9 Å². The van der Waals surface area contributed by atoms with Crippen molar-refractivity contribution in [3.05, 3.63) is 62.1 Å². The van der Waals surface area contributed by atoms with Crippen molar-refractivity contribution < 1.29 is 4.79 Å². The molecule has 0 aliphatic rings. The Morgan fingerprint density at radius 3 is 2.26 bits per heavy atom. The molecule has 2 heterocycles. The molecule has 0 radical (unpaired) electrons. The van der Waals surface area contributed by atoms with Gasteiger partial charge in [-0.05, 0) is 37.1 Å². The number of aryl methyl sites for hydroxylation is 2. The number of hydrogen-bond donors (Lipinski definition) is 1. The molecule has 0 unspecified atom stereocenters. The molecule has 0 aliphatic heterocycles. The van der Waals surface area contributed by atoms with E-state index in [1.807, 2.05) is 32.0 Å². The van der Waals surface area contributed by atoms with Crippen LogP contribution in [0.1, 0.15) is 17.0 Å². The van der Waals surface area contributed by atoms with Gasteiger partial charge in [0.05, 0.1) is 17.8 Å². The minimum atomic E-state index is -0.572. The Balaban J connectivity index is 2.32. The van der Waals surface area contributed by atoms with Gasteiger partial charge in [-0.15, -0.1) is 0 Å². The van der Waals surface area contributed by atoms with Crippen LogP contribution in [0, 0.1) is 13.8 Å². The highest BCUT2D eigenvalue weighted by molar-refractivity contribution is 5.75. The summed E-state index contributed by atoms with van der Waals surface area (Å²) in [6.45, 7) is 3.90. The normalized spacial score (nSPS) is 11.0. The first-order chi connectivity index (χ1) is 12.7. The monoisotopic (exact) mass is 368 g/mol. The van der Waals surface area contributed by atoms with Crippen molar-refractivity contribution in [2.45, 2.75) is 20.3 Å². The zero-order chi connectivity index (χ0) is 19.9. The van der Waals surface area contributed by atoms with Crippen LogP contribution < -0.4 is 17.0 Å². The van der Waals surface area contributed by atoms with Gasteiger partial charge >= 0.3 is 5.69 Å². The SMILES string of the molecule is Cc1cc(C)cc(-n2nc(CC(N)=O)nc2-c2cc(=O)n(C)c(=O)n2C)c1. The molecule has 0 saturated carbocycles. The molecule has 2 N–H and O–H groups in total. The summed E-state index contributed by atoms with van der Waals surface area (Å²) in [5, 5.41) is 4.38. The number of nitrogens with zero attached hydrogens (tertiary/aromatic N) is 5. The molecule has 2 aromatic heterocycles. The summed E-state index contributed by atoms with van der Waals surface area (Å²) >= 11 is 0. The summed E-state index contributed by atoms with van der Waals surface area (Å²) in [7, 11) is 2.95. The summed E-state index contributed by atoms with van der Waals surface area (Å²) in [4.78, 5) is 40.2. The van der Waals surface area contributed by atoms with E-state index in [1.165, 1.54) is 22.4 Å². The van der Waals surface area contributed by atoms with Gasteiger partial charge in [0, 0.05) is 20.2 Å². The van der Waals surface area contributed by atoms with E-state index in [2.05, 4.69) is 10.1 Å². The maximum absolute atomic E-state index is 12.3. The molecule has 3 aromatic rings. The molecule has 27 heavy (non-hydrogen) atoms. The molecule has 0 spiro atoms. The van der Waals surface area contributed by atoms with Crippen LogP contribution in [0.3, 0.4) is 0 Å². The molecule has 9 heteroatoms. The van der Waals surface area contributed by atoms with Gasteiger partial charge in [0.2, 0.25) is 5.91 Å². The minimum Gasteiger partial charge on any atom is -0.369 e. The Hall–Kier alpha value is -3.49. The zero-order valence-corrected chi connectivity index (χ0v) is 15.6. The summed E-state index contributed by atoms with van der Waals surface area (Å²) in [5.74, 6) is -0.0738. The second-order valence-electron chi connectivity index (χ2n) is 6.52. The number of hydrogen-bond acceptors (Lipinski definition) is 5. The van der Waals surface area contributed by atoms with Crippen molar-refractivity contribution in [2.24, 2.45) is 19.8 Å². The van der Waals surface area contributed by atoms with Crippen LogP contribution in [-0.4, -0.2) is 29.8 Å². The molecule has 0 bridgehead atoms. The molecule has 1 amide bonds. The van der Waals surface area contributed by atoms with E-state index < -0.39 is 17.2 Å². The molecule has 0 fully saturated rings. The maximum Gasteiger partial charge on any atom is 0.331 e. The lowest BCUT2D eigenvalue weighted by molar-refractivity contribution is -0.117. The lowest BCUT2D eigenvalue weighted by atomic mass is 10.1. The summed E-state index contributed by atoms with van der Waals surface area (Å²) < 4.78 is 3.84. The average molecular weight is 368 g/mol. The number of carbonyl (C=O) groups excluding carboxylic acids is 1. The Morgan fingerprint density at radius 1 is 1.04 bits per heavy atom. The number of benzene rings is 1. The molecular formula is C18H20N6O3. The first kappa shape index (κ1) is 18.3. The van der Waals surface area contributed by atoms with Crippen molar-refractivity contribution in [1.29, 1.82) is 0 Å². The van der Waals surface area contributed by atoms with E-state index in [1.54, 1.807) is 7.05 Å². The number of rotatable bonds is 4. The van der Waals surface area contributed by atoms with Crippen molar-refractivity contribution in [3.63, 3.8) is 0 Å². The van der Waals surface area contributed by atoms with Crippen molar-refractivity contribution in [2.75, 3.05) is 0 Å². The fraction of sp³-hybridized carbons (Fsp3) is 0.278. The smallest absolute Gasteiger partial charge is 0.331 e. The quantitative estimate of drug-likeness (QED) is 0.694. The largest absolute Gasteiger partial charge is 0.369 e. The fourth-order valence-electron chi connectivity index (χ4n) is 2.95. The molecule has 3 rings (SSSR count). The van der Waals surface area contributed by atoms with Crippen LogP contribution in [0.25, 0.3) is 17.2 Å². The lowest BCUT2D eigenvalue weighted by Gasteiger charge is -2.11. The zero-order valence-electron chi connectivity index (χ0n) is 15.6. The summed E-state index contributed by atoms with van der Waals surface area (Å²) in [6.07, 6.45) is -0.149. The average Bonchev–Trinajstić information content (AvgIpc) is 2.98. The molecule has 0 atom stereocenters. The van der Waals surface area contributed by atoms with Gasteiger partial charge in [-0.3, -0.25) is 18.7 Å². The molecular weight excluding hydrogens is 348 g/mol. The molecule has 9 nitrogen and oxygen atoms in total. The van der Waals surface area contributed by atoms with Crippen molar-refractivity contribution >= 4 is 5.91 Å². The van der Waals surface area contributed by atoms with E-state index in [0.29, 0.717) is 11.4 Å². The van der Waals surface area contributed by atoms with Crippen LogP contribution >= 0.6 is 0 Å². The van der Waals surface area contributed by atoms with Gasteiger partial charge in [-0.2, -0.15) is 5.10 Å². The predicted molar refractivity (Wildman–Crippen MR) is 99.6 cm³/mol. The number of primary amides is 1. The second-order valence-corrected chi connectivity index (χ2v) is 6.52. The molecule has 140 valence electrons. The fourth-order valence-corrected chi connectivity index (χ4v) is 2.95. The van der Waals surface area contributed by atoms with Crippen LogP contribution in [0.2, 0.25) is 0 Å². The number of carbonyl (C=O) groups is 1. The van der Waals surface area contributed by atoms with E-state index in [0.717, 1.165) is 15.7 Å². The Morgan fingerprint density at radius 2 is 1.67 bits per heavy atom. The summed E-state index contributed by atoms with van der Waals surface area (Å²) in [6, 6.07) is 7.13. The lowest BCUT2D eigenvalue weighted by Crippen LogP contribution is -2.37. The van der Waals surface area contributed by atoms with Gasteiger partial charge < -0.3 is 5.73 Å². The Bertz CT molecular complexity index is 1150. The number of aromatic nitrogens is 5. The molecule has 0 aliphatic carbocycles. The molecule has 1 aromatic carbocycles. The second kappa shape index (κ2) is 6.67. The van der Waals surface area contributed by atoms with Crippen molar-refractivity contribution in [1.82, 2.24) is 23.9 Å². The first-order valence-corrected chi connectivity index (χ1v) is 8.27. The minimum absolute atomic E-state index is 0.149. The van der Waals surface area contributed by atoms with Gasteiger partial charge in [0.25, 0.3) is 5.56 Å². The number of nitrogens with two attached hydrogens (primary N) is 1. The van der Waals surface area contributed by atoms with Crippen LogP contribution in [0.4, 0.5) is 0 Å².